The van der Waals surface area contributed by atoms with Crippen molar-refractivity contribution in [3.05, 3.63) is 42.5 Å². The van der Waals surface area contributed by atoms with Crippen molar-refractivity contribution in [3.8, 4) is 17.2 Å². The molecule has 1 unspecified atom stereocenters. The molecule has 0 aromatic heterocycles. The summed E-state index contributed by atoms with van der Waals surface area (Å²) in [4.78, 5) is 26.5. The number of hydrogen-bond donors (Lipinski definition) is 1. The second-order valence-corrected chi connectivity index (χ2v) is 5.96. The van der Waals surface area contributed by atoms with Crippen molar-refractivity contribution in [1.82, 2.24) is 0 Å². The van der Waals surface area contributed by atoms with Gasteiger partial charge < -0.3 is 19.5 Å². The van der Waals surface area contributed by atoms with E-state index in [9.17, 15) is 9.59 Å². The second-order valence-electron chi connectivity index (χ2n) is 5.96. The van der Waals surface area contributed by atoms with E-state index in [1.165, 1.54) is 14.2 Å². The van der Waals surface area contributed by atoms with E-state index in [2.05, 4.69) is 5.32 Å². The van der Waals surface area contributed by atoms with Gasteiger partial charge in [-0.25, -0.2) is 4.90 Å². The Bertz CT molecular complexity index is 835. The molecule has 142 valence electrons. The zero-order chi connectivity index (χ0) is 19.4. The van der Waals surface area contributed by atoms with Gasteiger partial charge in [0.25, 0.3) is 5.91 Å². The molecular formula is C20H22N2O5. The summed E-state index contributed by atoms with van der Waals surface area (Å²) in [5.41, 5.74) is 1.15. The molecule has 2 aromatic carbocycles. The molecule has 2 aromatic rings. The van der Waals surface area contributed by atoms with E-state index in [1.54, 1.807) is 18.2 Å². The monoisotopic (exact) mass is 370 g/mol. The van der Waals surface area contributed by atoms with E-state index in [1.807, 2.05) is 31.2 Å². The fourth-order valence-corrected chi connectivity index (χ4v) is 2.98. The smallest absolute Gasteiger partial charge is 0.256 e. The minimum atomic E-state index is -0.637. The first-order chi connectivity index (χ1) is 13.1. The van der Waals surface area contributed by atoms with E-state index in [4.69, 9.17) is 14.2 Å². The van der Waals surface area contributed by atoms with E-state index in [0.29, 0.717) is 23.8 Å². The molecule has 0 spiro atoms. The highest BCUT2D eigenvalue weighted by Crippen LogP contribution is 2.35. The number of imide groups is 1. The molecular weight excluding hydrogens is 348 g/mol. The van der Waals surface area contributed by atoms with Crippen LogP contribution in [0, 0.1) is 0 Å². The number of benzene rings is 2. The molecule has 7 nitrogen and oxygen atoms in total. The largest absolute Gasteiger partial charge is 0.497 e. The molecule has 1 saturated heterocycles. The standard InChI is InChI=1S/C20H22N2O5/c1-4-27-14-7-5-13(6-8-14)21-16-12-19(23)22(20(16)24)17-10-9-15(25-2)11-18(17)26-3/h5-11,16,21H,4,12H2,1-3H3. The Morgan fingerprint density at radius 2 is 1.74 bits per heavy atom. The lowest BCUT2D eigenvalue weighted by molar-refractivity contribution is -0.121. The van der Waals surface area contributed by atoms with Crippen LogP contribution in [-0.2, 0) is 9.59 Å². The van der Waals surface area contributed by atoms with E-state index >= 15 is 0 Å². The predicted molar refractivity (Wildman–Crippen MR) is 102 cm³/mol. The first kappa shape index (κ1) is 18.6. The second kappa shape index (κ2) is 7.99. The summed E-state index contributed by atoms with van der Waals surface area (Å²) in [5, 5.41) is 3.12. The SMILES string of the molecule is CCOc1ccc(NC2CC(=O)N(c3ccc(OC)cc3OC)C2=O)cc1. The summed E-state index contributed by atoms with van der Waals surface area (Å²) < 4.78 is 15.9. The Morgan fingerprint density at radius 3 is 2.37 bits per heavy atom. The summed E-state index contributed by atoms with van der Waals surface area (Å²) >= 11 is 0. The topological polar surface area (TPSA) is 77.1 Å². The lowest BCUT2D eigenvalue weighted by Gasteiger charge is -2.19. The molecule has 3 rings (SSSR count). The minimum absolute atomic E-state index is 0.0707. The number of nitrogens with zero attached hydrogens (tertiary/aromatic N) is 1. The molecule has 1 atom stereocenters. The molecule has 0 saturated carbocycles. The van der Waals surface area contributed by atoms with Crippen LogP contribution in [0.4, 0.5) is 11.4 Å². The highest BCUT2D eigenvalue weighted by atomic mass is 16.5. The van der Waals surface area contributed by atoms with Crippen LogP contribution in [0.5, 0.6) is 17.2 Å². The Morgan fingerprint density at radius 1 is 1.04 bits per heavy atom. The van der Waals surface area contributed by atoms with Crippen LogP contribution in [-0.4, -0.2) is 38.7 Å². The summed E-state index contributed by atoms with van der Waals surface area (Å²) in [6.07, 6.45) is 0.0707. The molecule has 1 fully saturated rings. The summed E-state index contributed by atoms with van der Waals surface area (Å²) in [6, 6.07) is 11.6. The van der Waals surface area contributed by atoms with Crippen molar-refractivity contribution in [1.29, 1.82) is 0 Å². The average molecular weight is 370 g/mol. The third-order valence-corrected chi connectivity index (χ3v) is 4.28. The van der Waals surface area contributed by atoms with Crippen LogP contribution in [0.3, 0.4) is 0 Å². The number of amides is 2. The van der Waals surface area contributed by atoms with Gasteiger partial charge in [0.2, 0.25) is 5.91 Å². The van der Waals surface area contributed by atoms with Gasteiger partial charge in [-0.3, -0.25) is 9.59 Å². The van der Waals surface area contributed by atoms with Crippen LogP contribution < -0.4 is 24.4 Å². The Balaban J connectivity index is 1.79. The Labute approximate surface area is 157 Å². The lowest BCUT2D eigenvalue weighted by Crippen LogP contribution is -2.35. The number of rotatable bonds is 7. The molecule has 1 aliphatic heterocycles. The van der Waals surface area contributed by atoms with Crippen molar-refractivity contribution in [2.75, 3.05) is 31.0 Å². The first-order valence-electron chi connectivity index (χ1n) is 8.65. The number of ether oxygens (including phenoxy) is 3. The first-order valence-corrected chi connectivity index (χ1v) is 8.65. The maximum absolute atomic E-state index is 12.8. The van der Waals surface area contributed by atoms with Crippen LogP contribution >= 0.6 is 0 Å². The van der Waals surface area contributed by atoms with Crippen LogP contribution in [0.1, 0.15) is 13.3 Å². The minimum Gasteiger partial charge on any atom is -0.497 e. The Hall–Kier alpha value is -3.22. The van der Waals surface area contributed by atoms with Crippen LogP contribution in [0.2, 0.25) is 0 Å². The quantitative estimate of drug-likeness (QED) is 0.755. The van der Waals surface area contributed by atoms with Gasteiger partial charge in [-0.05, 0) is 43.3 Å². The molecule has 2 amide bonds. The number of carbonyl (C=O) groups excluding carboxylic acids is 2. The zero-order valence-corrected chi connectivity index (χ0v) is 15.5. The van der Waals surface area contributed by atoms with Gasteiger partial charge in [-0.15, -0.1) is 0 Å². The van der Waals surface area contributed by atoms with Gasteiger partial charge in [0.05, 0.1) is 32.9 Å². The van der Waals surface area contributed by atoms with Gasteiger partial charge in [0.1, 0.15) is 23.3 Å². The van der Waals surface area contributed by atoms with Crippen molar-refractivity contribution in [2.24, 2.45) is 0 Å². The van der Waals surface area contributed by atoms with Crippen LogP contribution in [0.25, 0.3) is 0 Å². The van der Waals surface area contributed by atoms with Gasteiger partial charge in [-0.1, -0.05) is 0 Å². The average Bonchev–Trinajstić information content (AvgIpc) is 2.96. The van der Waals surface area contributed by atoms with Crippen molar-refractivity contribution in [3.63, 3.8) is 0 Å². The highest BCUT2D eigenvalue weighted by Gasteiger charge is 2.40. The molecule has 0 aliphatic carbocycles. The fraction of sp³-hybridized carbons (Fsp3) is 0.300. The molecule has 1 aliphatic rings. The molecule has 0 bridgehead atoms. The third kappa shape index (κ3) is 3.81. The maximum atomic E-state index is 12.8. The summed E-state index contributed by atoms with van der Waals surface area (Å²) in [5.74, 6) is 1.13. The summed E-state index contributed by atoms with van der Waals surface area (Å²) in [6.45, 7) is 2.50. The maximum Gasteiger partial charge on any atom is 0.256 e. The van der Waals surface area contributed by atoms with Gasteiger partial charge in [0, 0.05) is 11.8 Å². The van der Waals surface area contributed by atoms with E-state index in [0.717, 1.165) is 16.3 Å². The molecule has 1 heterocycles. The van der Waals surface area contributed by atoms with E-state index < -0.39 is 6.04 Å². The highest BCUT2D eigenvalue weighted by molar-refractivity contribution is 6.23. The zero-order valence-electron chi connectivity index (χ0n) is 15.5. The van der Waals surface area contributed by atoms with E-state index in [-0.39, 0.29) is 18.2 Å². The van der Waals surface area contributed by atoms with Crippen molar-refractivity contribution < 1.29 is 23.8 Å². The molecule has 27 heavy (non-hydrogen) atoms. The number of hydrogen-bond acceptors (Lipinski definition) is 6. The van der Waals surface area contributed by atoms with Gasteiger partial charge >= 0.3 is 0 Å². The normalized spacial score (nSPS) is 16.4. The number of anilines is 2. The number of nitrogens with one attached hydrogen (secondary N) is 1. The number of carbonyl (C=O) groups is 2. The molecule has 0 radical (unpaired) electrons. The third-order valence-electron chi connectivity index (χ3n) is 4.28. The van der Waals surface area contributed by atoms with Crippen molar-refractivity contribution >= 4 is 23.2 Å². The summed E-state index contributed by atoms with van der Waals surface area (Å²) in [7, 11) is 3.02. The Kier molecular flexibility index (Phi) is 5.49. The molecule has 1 N–H and O–H groups in total. The van der Waals surface area contributed by atoms with Gasteiger partial charge in [0.15, 0.2) is 0 Å². The number of methoxy groups -OCH3 is 2. The fourth-order valence-electron chi connectivity index (χ4n) is 2.98. The predicted octanol–water partition coefficient (Wildman–Crippen LogP) is 2.85. The lowest BCUT2D eigenvalue weighted by atomic mass is 10.2. The van der Waals surface area contributed by atoms with Gasteiger partial charge in [-0.2, -0.15) is 0 Å². The molecule has 7 heteroatoms. The van der Waals surface area contributed by atoms with Crippen molar-refractivity contribution in [2.45, 2.75) is 19.4 Å². The van der Waals surface area contributed by atoms with Crippen LogP contribution in [0.15, 0.2) is 42.5 Å².